The van der Waals surface area contributed by atoms with Gasteiger partial charge in [0.05, 0.1) is 18.9 Å². The molecule has 1 atom stereocenters. The highest BCUT2D eigenvalue weighted by Gasteiger charge is 2.32. The molecule has 0 bridgehead atoms. The number of amides is 3. The van der Waals surface area contributed by atoms with Crippen molar-refractivity contribution in [3.8, 4) is 11.3 Å². The number of morpholine rings is 1. The molecule has 2 aliphatic heterocycles. The van der Waals surface area contributed by atoms with E-state index in [-0.39, 0.29) is 18.0 Å². The first-order valence-corrected chi connectivity index (χ1v) is 11.8. The second-order valence-electron chi connectivity index (χ2n) is 8.70. The number of anilines is 4. The van der Waals surface area contributed by atoms with Gasteiger partial charge in [-0.3, -0.25) is 9.69 Å². The monoisotopic (exact) mass is 472 g/mol. The third kappa shape index (κ3) is 5.25. The average molecular weight is 473 g/mol. The number of carbonyl (C=O) groups is 2. The highest BCUT2D eigenvalue weighted by molar-refractivity contribution is 6.02. The van der Waals surface area contributed by atoms with Crippen molar-refractivity contribution in [1.82, 2.24) is 14.9 Å². The summed E-state index contributed by atoms with van der Waals surface area (Å²) in [6.07, 6.45) is 2.83. The predicted octanol–water partition coefficient (Wildman–Crippen LogP) is 4.27. The largest absolute Gasteiger partial charge is 0.378 e. The Kier molecular flexibility index (Phi) is 6.58. The maximum absolute atomic E-state index is 12.5. The van der Waals surface area contributed by atoms with Crippen LogP contribution in [0.5, 0.6) is 0 Å². The minimum absolute atomic E-state index is 0.0794. The molecule has 0 radical (unpaired) electrons. The number of ether oxygens (including phenoxy) is 1. The average Bonchev–Trinajstić information content (AvgIpc) is 3.23. The van der Waals surface area contributed by atoms with E-state index in [1.165, 1.54) is 10.6 Å². The van der Waals surface area contributed by atoms with Crippen LogP contribution < -0.4 is 15.5 Å². The zero-order valence-electron chi connectivity index (χ0n) is 19.6. The lowest BCUT2D eigenvalue weighted by Gasteiger charge is -2.28. The number of likely N-dealkylation sites (tertiary alicyclic amines) is 1. The second-order valence-corrected chi connectivity index (χ2v) is 8.70. The predicted molar refractivity (Wildman–Crippen MR) is 135 cm³/mol. The van der Waals surface area contributed by atoms with Gasteiger partial charge in [-0.05, 0) is 55.8 Å². The number of benzene rings is 2. The van der Waals surface area contributed by atoms with Crippen molar-refractivity contribution in [2.24, 2.45) is 0 Å². The third-order valence-corrected chi connectivity index (χ3v) is 6.29. The van der Waals surface area contributed by atoms with Gasteiger partial charge in [0, 0.05) is 54.4 Å². The molecule has 3 amide bonds. The van der Waals surface area contributed by atoms with Crippen LogP contribution in [0.15, 0.2) is 60.8 Å². The van der Waals surface area contributed by atoms with E-state index < -0.39 is 0 Å². The Morgan fingerprint density at radius 1 is 1.00 bits per heavy atom. The molecule has 0 spiro atoms. The summed E-state index contributed by atoms with van der Waals surface area (Å²) in [5.41, 5.74) is 4.35. The van der Waals surface area contributed by atoms with Crippen molar-refractivity contribution in [3.05, 3.63) is 60.8 Å². The minimum atomic E-state index is -0.388. The lowest BCUT2D eigenvalue weighted by Crippen LogP contribution is -2.40. The highest BCUT2D eigenvalue weighted by atomic mass is 16.5. The van der Waals surface area contributed by atoms with Gasteiger partial charge in [-0.2, -0.15) is 0 Å². The van der Waals surface area contributed by atoms with Crippen LogP contribution in [0, 0.1) is 0 Å². The maximum Gasteiger partial charge on any atom is 0.328 e. The smallest absolute Gasteiger partial charge is 0.328 e. The number of nitrogens with one attached hydrogen (secondary N) is 2. The third-order valence-electron chi connectivity index (χ3n) is 6.29. The molecule has 3 aromatic rings. The van der Waals surface area contributed by atoms with Crippen LogP contribution >= 0.6 is 0 Å². The van der Waals surface area contributed by atoms with E-state index in [1.54, 1.807) is 18.3 Å². The number of aromatic nitrogens is 2. The molecule has 1 aromatic heterocycles. The maximum atomic E-state index is 12.5. The lowest BCUT2D eigenvalue weighted by molar-refractivity contribution is -0.125. The molecule has 180 valence electrons. The van der Waals surface area contributed by atoms with Crippen molar-refractivity contribution in [3.63, 3.8) is 0 Å². The van der Waals surface area contributed by atoms with Crippen molar-refractivity contribution < 1.29 is 14.3 Å². The van der Waals surface area contributed by atoms with Crippen molar-refractivity contribution in [2.45, 2.75) is 25.8 Å². The van der Waals surface area contributed by atoms with E-state index in [9.17, 15) is 9.59 Å². The van der Waals surface area contributed by atoms with E-state index in [1.807, 2.05) is 37.3 Å². The summed E-state index contributed by atoms with van der Waals surface area (Å²) in [5, 5.41) is 6.07. The Morgan fingerprint density at radius 3 is 2.40 bits per heavy atom. The molecule has 2 aromatic carbocycles. The molecule has 35 heavy (non-hydrogen) atoms. The molecule has 0 unspecified atom stereocenters. The summed E-state index contributed by atoms with van der Waals surface area (Å²) in [4.78, 5) is 37.0. The van der Waals surface area contributed by atoms with Gasteiger partial charge in [0.1, 0.15) is 0 Å². The van der Waals surface area contributed by atoms with E-state index in [4.69, 9.17) is 4.74 Å². The molecular formula is C26H28N6O3. The fourth-order valence-corrected chi connectivity index (χ4v) is 4.34. The molecular weight excluding hydrogens is 444 g/mol. The van der Waals surface area contributed by atoms with E-state index >= 15 is 0 Å². The van der Waals surface area contributed by atoms with Gasteiger partial charge < -0.3 is 20.3 Å². The number of urea groups is 1. The first kappa shape index (κ1) is 22.8. The van der Waals surface area contributed by atoms with Gasteiger partial charge in [0.2, 0.25) is 11.9 Å². The number of hydrogen-bond acceptors (Lipinski definition) is 7. The van der Waals surface area contributed by atoms with Gasteiger partial charge in [0.15, 0.2) is 0 Å². The number of imide groups is 1. The molecule has 0 aliphatic carbocycles. The Balaban J connectivity index is 1.23. The normalized spacial score (nSPS) is 18.0. The van der Waals surface area contributed by atoms with E-state index in [0.717, 1.165) is 43.2 Å². The van der Waals surface area contributed by atoms with Crippen LogP contribution in [-0.2, 0) is 9.53 Å². The summed E-state index contributed by atoms with van der Waals surface area (Å²) in [7, 11) is 0. The number of nitrogens with zero attached hydrogens (tertiary/aromatic N) is 4. The Morgan fingerprint density at radius 2 is 1.71 bits per heavy atom. The van der Waals surface area contributed by atoms with Crippen LogP contribution in [0.1, 0.15) is 19.8 Å². The number of hydrogen-bond donors (Lipinski definition) is 2. The first-order valence-electron chi connectivity index (χ1n) is 11.8. The number of carbonyl (C=O) groups excluding carboxylic acids is 2. The molecule has 2 saturated heterocycles. The van der Waals surface area contributed by atoms with Gasteiger partial charge in [-0.1, -0.05) is 12.1 Å². The number of rotatable bonds is 5. The molecule has 0 saturated carbocycles. The van der Waals surface area contributed by atoms with Crippen molar-refractivity contribution in [2.75, 3.05) is 41.8 Å². The molecule has 2 aliphatic rings. The van der Waals surface area contributed by atoms with E-state index in [0.29, 0.717) is 24.5 Å². The molecule has 2 fully saturated rings. The Hall–Kier alpha value is -3.98. The summed E-state index contributed by atoms with van der Waals surface area (Å²) < 4.78 is 5.42. The Bertz CT molecular complexity index is 1190. The van der Waals surface area contributed by atoms with Crippen molar-refractivity contribution in [1.29, 1.82) is 0 Å². The standard InChI is InChI=1S/C26H28N6O3/c1-18-2-11-24(33)32(18)26(34)29-21-5-3-19(4-6-21)23-12-13-27-25(30-23)28-20-7-9-22(10-8-20)31-14-16-35-17-15-31/h3-10,12-13,18H,2,11,14-17H2,1H3,(H,29,34)(H,27,28,30)/t18-/m1/s1. The molecule has 3 heterocycles. The SMILES string of the molecule is C[C@@H]1CCC(=O)N1C(=O)Nc1ccc(-c2ccnc(Nc3ccc(N4CCOCC4)cc3)n2)cc1. The summed E-state index contributed by atoms with van der Waals surface area (Å²) >= 11 is 0. The topological polar surface area (TPSA) is 99.7 Å². The van der Waals surface area contributed by atoms with Gasteiger partial charge in [0.25, 0.3) is 0 Å². The summed E-state index contributed by atoms with van der Waals surface area (Å²) in [5.74, 6) is 0.365. The Labute approximate surface area is 204 Å². The van der Waals surface area contributed by atoms with Crippen LogP contribution in [0.2, 0.25) is 0 Å². The minimum Gasteiger partial charge on any atom is -0.378 e. The van der Waals surface area contributed by atoms with Crippen LogP contribution in [0.3, 0.4) is 0 Å². The van der Waals surface area contributed by atoms with Gasteiger partial charge >= 0.3 is 6.03 Å². The van der Waals surface area contributed by atoms with E-state index in [2.05, 4.69) is 37.6 Å². The lowest BCUT2D eigenvalue weighted by atomic mass is 10.1. The quantitative estimate of drug-likeness (QED) is 0.572. The second kappa shape index (κ2) is 10.1. The zero-order valence-corrected chi connectivity index (χ0v) is 19.6. The first-order chi connectivity index (χ1) is 17.1. The summed E-state index contributed by atoms with van der Waals surface area (Å²) in [6.45, 7) is 5.19. The molecule has 9 nitrogen and oxygen atoms in total. The van der Waals surface area contributed by atoms with Crippen LogP contribution in [-0.4, -0.2) is 59.2 Å². The van der Waals surface area contributed by atoms with Gasteiger partial charge in [-0.15, -0.1) is 0 Å². The van der Waals surface area contributed by atoms with Crippen molar-refractivity contribution >= 4 is 34.9 Å². The zero-order chi connectivity index (χ0) is 24.2. The fraction of sp³-hybridized carbons (Fsp3) is 0.308. The van der Waals surface area contributed by atoms with Crippen LogP contribution in [0.25, 0.3) is 11.3 Å². The highest BCUT2D eigenvalue weighted by Crippen LogP contribution is 2.24. The fourth-order valence-electron chi connectivity index (χ4n) is 4.34. The molecule has 9 heteroatoms. The molecule has 2 N–H and O–H groups in total. The van der Waals surface area contributed by atoms with Gasteiger partial charge in [-0.25, -0.2) is 14.8 Å². The van der Waals surface area contributed by atoms with Crippen LogP contribution in [0.4, 0.5) is 27.8 Å². The summed E-state index contributed by atoms with van der Waals surface area (Å²) in [6, 6.07) is 16.9. The molecule has 5 rings (SSSR count).